The van der Waals surface area contributed by atoms with Crippen LogP contribution in [0.4, 0.5) is 5.13 Å². The van der Waals surface area contributed by atoms with Gasteiger partial charge in [0.05, 0.1) is 15.4 Å². The molecule has 9 heteroatoms. The van der Waals surface area contributed by atoms with Gasteiger partial charge in [-0.15, -0.1) is 17.9 Å². The minimum absolute atomic E-state index is 0.0941. The van der Waals surface area contributed by atoms with Gasteiger partial charge in [0.15, 0.2) is 15.7 Å². The number of thiazole rings is 1. The number of aromatic amines is 1. The van der Waals surface area contributed by atoms with E-state index in [0.717, 1.165) is 28.3 Å². The molecule has 4 rings (SSSR count). The van der Waals surface area contributed by atoms with Crippen molar-refractivity contribution in [1.82, 2.24) is 19.7 Å². The van der Waals surface area contributed by atoms with Crippen LogP contribution in [0.5, 0.6) is 0 Å². The third-order valence-electron chi connectivity index (χ3n) is 4.76. The van der Waals surface area contributed by atoms with Crippen LogP contribution in [0.15, 0.2) is 18.7 Å². The summed E-state index contributed by atoms with van der Waals surface area (Å²) in [6.07, 6.45) is 7.62. The van der Waals surface area contributed by atoms with Crippen molar-refractivity contribution in [2.75, 3.05) is 5.32 Å². The van der Waals surface area contributed by atoms with Crippen LogP contribution in [-0.4, -0.2) is 25.7 Å². The summed E-state index contributed by atoms with van der Waals surface area (Å²) in [4.78, 5) is 20.3. The van der Waals surface area contributed by atoms with E-state index in [2.05, 4.69) is 33.1 Å². The van der Waals surface area contributed by atoms with Crippen LogP contribution in [0.1, 0.15) is 45.1 Å². The van der Waals surface area contributed by atoms with Crippen molar-refractivity contribution in [3.63, 3.8) is 0 Å². The van der Waals surface area contributed by atoms with E-state index >= 15 is 0 Å². The van der Waals surface area contributed by atoms with Gasteiger partial charge in [0.1, 0.15) is 0 Å². The maximum Gasteiger partial charge on any atom is 0.267 e. The number of aryl methyl sites for hydroxylation is 3. The molecular formula is C19H21N5OS3. The molecule has 0 aliphatic heterocycles. The lowest BCUT2D eigenvalue weighted by atomic mass is 10.1. The number of allylic oxidation sites excluding steroid dienone is 1. The minimum Gasteiger partial charge on any atom is -0.297 e. The number of H-pyrrole nitrogens is 1. The molecule has 1 aliphatic carbocycles. The molecule has 0 radical (unpaired) electrons. The van der Waals surface area contributed by atoms with E-state index in [4.69, 9.17) is 12.2 Å². The summed E-state index contributed by atoms with van der Waals surface area (Å²) in [6, 6.07) is 2.05. The number of carbonyl (C=O) groups excluding carboxylic acids is 1. The molecule has 1 amide bonds. The second kappa shape index (κ2) is 8.10. The van der Waals surface area contributed by atoms with Gasteiger partial charge in [0, 0.05) is 11.4 Å². The zero-order valence-corrected chi connectivity index (χ0v) is 18.0. The Morgan fingerprint density at radius 2 is 2.21 bits per heavy atom. The molecule has 0 saturated carbocycles. The highest BCUT2D eigenvalue weighted by atomic mass is 32.1. The molecule has 0 fully saturated rings. The lowest BCUT2D eigenvalue weighted by Gasteiger charge is -2.01. The van der Waals surface area contributed by atoms with E-state index in [0.29, 0.717) is 22.3 Å². The van der Waals surface area contributed by atoms with E-state index in [-0.39, 0.29) is 5.91 Å². The number of carbonyl (C=O) groups is 1. The lowest BCUT2D eigenvalue weighted by molar-refractivity contribution is 0.103. The number of fused-ring (bicyclic) bond motifs is 1. The SMILES string of the molecule is C=CCn1c(-c2sc(NC(=O)c3cc4c(s3)CCCCC4)nc2C)n[nH]c1=S. The molecule has 3 aromatic heterocycles. The number of thiophene rings is 1. The van der Waals surface area contributed by atoms with Crippen LogP contribution in [-0.2, 0) is 19.4 Å². The Labute approximate surface area is 176 Å². The Hall–Kier alpha value is -2.10. The standard InChI is InChI=1S/C19H21N5OS3/c1-3-9-24-16(22-23-19(24)26)15-11(2)20-18(28-15)21-17(25)14-10-12-7-5-4-6-8-13(12)27-14/h3,10H,1,4-9H2,2H3,(H,23,26)(H,20,21,25). The van der Waals surface area contributed by atoms with Crippen LogP contribution in [0, 0.1) is 11.7 Å². The molecule has 3 aromatic rings. The van der Waals surface area contributed by atoms with Gasteiger partial charge in [-0.3, -0.25) is 19.8 Å². The zero-order valence-electron chi connectivity index (χ0n) is 15.6. The summed E-state index contributed by atoms with van der Waals surface area (Å²) in [5, 5.41) is 10.7. The van der Waals surface area contributed by atoms with Crippen LogP contribution >= 0.6 is 34.9 Å². The first-order chi connectivity index (χ1) is 13.6. The average Bonchev–Trinajstić information content (AvgIpc) is 3.29. The molecular weight excluding hydrogens is 410 g/mol. The van der Waals surface area contributed by atoms with E-state index in [1.807, 2.05) is 11.5 Å². The van der Waals surface area contributed by atoms with E-state index < -0.39 is 0 Å². The molecule has 28 heavy (non-hydrogen) atoms. The second-order valence-electron chi connectivity index (χ2n) is 6.76. The topological polar surface area (TPSA) is 75.6 Å². The number of rotatable bonds is 5. The van der Waals surface area contributed by atoms with Gasteiger partial charge in [-0.25, -0.2) is 4.98 Å². The van der Waals surface area contributed by atoms with Crippen molar-refractivity contribution in [3.05, 3.63) is 44.5 Å². The summed E-state index contributed by atoms with van der Waals surface area (Å²) in [6.45, 7) is 6.24. The Morgan fingerprint density at radius 1 is 1.39 bits per heavy atom. The van der Waals surface area contributed by atoms with E-state index in [9.17, 15) is 4.79 Å². The lowest BCUT2D eigenvalue weighted by Crippen LogP contribution is -2.09. The normalized spacial score (nSPS) is 13.8. The summed E-state index contributed by atoms with van der Waals surface area (Å²) in [5.74, 6) is 0.617. The second-order valence-corrected chi connectivity index (χ2v) is 9.28. The molecule has 2 N–H and O–H groups in total. The molecule has 0 bridgehead atoms. The third-order valence-corrected chi connectivity index (χ3v) is 7.38. The Bertz CT molecular complexity index is 1060. The maximum absolute atomic E-state index is 12.8. The van der Waals surface area contributed by atoms with Gasteiger partial charge in [-0.1, -0.05) is 23.8 Å². The van der Waals surface area contributed by atoms with Gasteiger partial charge in [0.2, 0.25) is 0 Å². The largest absolute Gasteiger partial charge is 0.297 e. The fourth-order valence-electron chi connectivity index (χ4n) is 3.38. The fourth-order valence-corrected chi connectivity index (χ4v) is 5.70. The summed E-state index contributed by atoms with van der Waals surface area (Å²) >= 11 is 8.31. The number of hydrogen-bond donors (Lipinski definition) is 2. The van der Waals surface area contributed by atoms with Gasteiger partial charge in [-0.05, 0) is 56.5 Å². The number of aromatic nitrogens is 4. The first-order valence-corrected chi connectivity index (χ1v) is 11.3. The number of nitrogens with zero attached hydrogens (tertiary/aromatic N) is 3. The number of amides is 1. The van der Waals surface area contributed by atoms with Crippen molar-refractivity contribution in [1.29, 1.82) is 0 Å². The summed E-state index contributed by atoms with van der Waals surface area (Å²) in [7, 11) is 0. The molecule has 0 unspecified atom stereocenters. The van der Waals surface area contributed by atoms with Crippen LogP contribution in [0.25, 0.3) is 10.7 Å². The molecule has 0 spiro atoms. The van der Waals surface area contributed by atoms with Crippen LogP contribution < -0.4 is 5.32 Å². The molecule has 6 nitrogen and oxygen atoms in total. The monoisotopic (exact) mass is 431 g/mol. The van der Waals surface area contributed by atoms with Gasteiger partial charge < -0.3 is 0 Å². The highest BCUT2D eigenvalue weighted by Gasteiger charge is 2.20. The van der Waals surface area contributed by atoms with Gasteiger partial charge >= 0.3 is 0 Å². The maximum atomic E-state index is 12.8. The van der Waals surface area contributed by atoms with Crippen molar-refractivity contribution >= 4 is 45.9 Å². The Morgan fingerprint density at radius 3 is 3.04 bits per heavy atom. The molecule has 146 valence electrons. The van der Waals surface area contributed by atoms with Crippen LogP contribution in [0.2, 0.25) is 0 Å². The predicted octanol–water partition coefficient (Wildman–Crippen LogP) is 5.14. The van der Waals surface area contributed by atoms with Gasteiger partial charge in [-0.2, -0.15) is 5.10 Å². The Kier molecular flexibility index (Phi) is 5.56. The summed E-state index contributed by atoms with van der Waals surface area (Å²) in [5.41, 5.74) is 2.14. The van der Waals surface area contributed by atoms with Crippen molar-refractivity contribution in [3.8, 4) is 10.7 Å². The van der Waals surface area contributed by atoms with E-state index in [1.165, 1.54) is 41.0 Å². The predicted molar refractivity (Wildman–Crippen MR) is 117 cm³/mol. The first kappa shape index (κ1) is 19.2. The zero-order chi connectivity index (χ0) is 19.7. The van der Waals surface area contributed by atoms with E-state index in [1.54, 1.807) is 17.4 Å². The highest BCUT2D eigenvalue weighted by Crippen LogP contribution is 2.33. The number of nitrogens with one attached hydrogen (secondary N) is 2. The molecule has 3 heterocycles. The molecule has 0 aromatic carbocycles. The van der Waals surface area contributed by atoms with Crippen molar-refractivity contribution in [2.45, 2.75) is 45.6 Å². The number of hydrogen-bond acceptors (Lipinski definition) is 6. The van der Waals surface area contributed by atoms with Gasteiger partial charge in [0.25, 0.3) is 5.91 Å². The molecule has 0 atom stereocenters. The third kappa shape index (κ3) is 3.74. The highest BCUT2D eigenvalue weighted by molar-refractivity contribution is 7.71. The smallest absolute Gasteiger partial charge is 0.267 e. The van der Waals surface area contributed by atoms with Crippen molar-refractivity contribution in [2.24, 2.45) is 0 Å². The average molecular weight is 432 g/mol. The molecule has 0 saturated heterocycles. The quantitative estimate of drug-likeness (QED) is 0.333. The van der Waals surface area contributed by atoms with Crippen LogP contribution in [0.3, 0.4) is 0 Å². The summed E-state index contributed by atoms with van der Waals surface area (Å²) < 4.78 is 2.40. The molecule has 1 aliphatic rings. The minimum atomic E-state index is -0.0941. The van der Waals surface area contributed by atoms with Crippen molar-refractivity contribution < 1.29 is 4.79 Å². The fraction of sp³-hybridized carbons (Fsp3) is 0.368. The Balaban J connectivity index is 1.57. The first-order valence-electron chi connectivity index (χ1n) is 9.23. The number of anilines is 1.